The summed E-state index contributed by atoms with van der Waals surface area (Å²) >= 11 is 3.94. The molecular weight excluding hydrogens is 303 g/mol. The minimum absolute atomic E-state index is 0.222. The van der Waals surface area contributed by atoms with E-state index in [1.54, 1.807) is 0 Å². The molecule has 0 saturated carbocycles. The van der Waals surface area contributed by atoms with Crippen LogP contribution in [0.15, 0.2) is 0 Å². The van der Waals surface area contributed by atoms with E-state index in [4.69, 9.17) is 0 Å². The summed E-state index contributed by atoms with van der Waals surface area (Å²) in [5, 5.41) is 4.52. The molecule has 1 aliphatic heterocycles. The molecule has 1 N–H and O–H groups in total. The predicted octanol–water partition coefficient (Wildman–Crippen LogP) is 4.71. The zero-order valence-corrected chi connectivity index (χ0v) is 14.0. The lowest BCUT2D eigenvalue weighted by molar-refractivity contribution is -0.135. The minimum Gasteiger partial charge on any atom is -0.313 e. The lowest BCUT2D eigenvalue weighted by Crippen LogP contribution is -2.45. The zero-order valence-electron chi connectivity index (χ0n) is 12.3. The maximum atomic E-state index is 12.3. The molecule has 20 heavy (non-hydrogen) atoms. The Morgan fingerprint density at radius 1 is 1.20 bits per heavy atom. The Morgan fingerprint density at radius 2 is 1.90 bits per heavy atom. The average Bonchev–Trinajstić information content (AvgIpc) is 2.41. The smallest absolute Gasteiger partial charge is 0.313 e. The summed E-state index contributed by atoms with van der Waals surface area (Å²) in [6, 6.07) is 0.222. The topological polar surface area (TPSA) is 12.0 Å². The van der Waals surface area contributed by atoms with Gasteiger partial charge in [0.15, 0.2) is 0 Å². The van der Waals surface area contributed by atoms with Crippen LogP contribution in [-0.4, -0.2) is 40.8 Å². The Balaban J connectivity index is 2.52. The minimum atomic E-state index is -4.02. The summed E-state index contributed by atoms with van der Waals surface area (Å²) in [5.41, 5.74) is 0. The van der Waals surface area contributed by atoms with Crippen molar-refractivity contribution in [1.82, 2.24) is 5.32 Å². The quantitative estimate of drug-likeness (QED) is 0.692. The van der Waals surface area contributed by atoms with Crippen molar-refractivity contribution in [2.45, 2.75) is 68.7 Å². The third kappa shape index (κ3) is 6.94. The second-order valence-electron chi connectivity index (χ2n) is 5.22. The molecule has 1 heterocycles. The van der Waals surface area contributed by atoms with E-state index >= 15 is 0 Å². The molecule has 6 heteroatoms. The van der Waals surface area contributed by atoms with Crippen LogP contribution in [0, 0.1) is 0 Å². The second kappa shape index (κ2) is 9.46. The third-order valence-corrected chi connectivity index (χ3v) is 6.93. The van der Waals surface area contributed by atoms with Gasteiger partial charge >= 0.3 is 6.18 Å². The summed E-state index contributed by atoms with van der Waals surface area (Å²) in [6.07, 6.45) is -1.67. The summed E-state index contributed by atoms with van der Waals surface area (Å²) < 4.78 is 36.9. The highest BCUT2D eigenvalue weighted by Gasteiger charge is 2.33. The molecule has 1 fully saturated rings. The van der Waals surface area contributed by atoms with Gasteiger partial charge in [0.25, 0.3) is 0 Å². The van der Waals surface area contributed by atoms with Gasteiger partial charge in [-0.05, 0) is 32.2 Å². The van der Waals surface area contributed by atoms with Crippen LogP contribution >= 0.6 is 23.5 Å². The van der Waals surface area contributed by atoms with E-state index in [0.29, 0.717) is 16.9 Å². The van der Waals surface area contributed by atoms with Gasteiger partial charge in [0, 0.05) is 34.5 Å². The summed E-state index contributed by atoms with van der Waals surface area (Å²) in [5.74, 6) is 2.29. The van der Waals surface area contributed by atoms with Crippen molar-refractivity contribution < 1.29 is 13.2 Å². The van der Waals surface area contributed by atoms with Crippen molar-refractivity contribution in [3.8, 4) is 0 Å². The number of alkyl halides is 3. The Morgan fingerprint density at radius 3 is 2.50 bits per heavy atom. The number of rotatable bonds is 8. The number of nitrogens with one attached hydrogen (secondary N) is 1. The van der Waals surface area contributed by atoms with Crippen molar-refractivity contribution in [3.05, 3.63) is 0 Å². The Hall–Kier alpha value is 0.450. The fraction of sp³-hybridized carbons (Fsp3) is 1.00. The molecular formula is C14H26F3NS2. The van der Waals surface area contributed by atoms with E-state index < -0.39 is 12.6 Å². The number of thioether (sulfide) groups is 2. The van der Waals surface area contributed by atoms with E-state index in [-0.39, 0.29) is 12.5 Å². The molecule has 0 radical (unpaired) electrons. The SMILES string of the molecule is CCCNC(CCCC(F)(F)F)C1SCCSC1CC. The molecule has 0 amide bonds. The van der Waals surface area contributed by atoms with Gasteiger partial charge in [-0.1, -0.05) is 13.8 Å². The zero-order chi connectivity index (χ0) is 15.0. The molecule has 3 unspecified atom stereocenters. The van der Waals surface area contributed by atoms with E-state index in [1.165, 1.54) is 5.75 Å². The van der Waals surface area contributed by atoms with Crippen LogP contribution < -0.4 is 5.32 Å². The molecule has 0 bridgehead atoms. The van der Waals surface area contributed by atoms with E-state index in [1.807, 2.05) is 23.5 Å². The van der Waals surface area contributed by atoms with Gasteiger partial charge in [-0.15, -0.1) is 0 Å². The lowest BCUT2D eigenvalue weighted by Gasteiger charge is -2.36. The monoisotopic (exact) mass is 329 g/mol. The van der Waals surface area contributed by atoms with E-state index in [0.717, 1.165) is 25.1 Å². The van der Waals surface area contributed by atoms with Crippen LogP contribution in [0.5, 0.6) is 0 Å². The fourth-order valence-electron chi connectivity index (χ4n) is 2.55. The molecule has 0 spiro atoms. The van der Waals surface area contributed by atoms with Gasteiger partial charge in [0.1, 0.15) is 0 Å². The summed E-state index contributed by atoms with van der Waals surface area (Å²) in [6.45, 7) is 5.18. The first-order valence-electron chi connectivity index (χ1n) is 7.51. The number of hydrogen-bond donors (Lipinski definition) is 1. The first kappa shape index (κ1) is 18.5. The van der Waals surface area contributed by atoms with Crippen LogP contribution in [0.4, 0.5) is 13.2 Å². The van der Waals surface area contributed by atoms with Crippen LogP contribution in [0.1, 0.15) is 46.0 Å². The highest BCUT2D eigenvalue weighted by atomic mass is 32.2. The molecule has 120 valence electrons. The van der Waals surface area contributed by atoms with Gasteiger partial charge in [0.2, 0.25) is 0 Å². The molecule has 0 aliphatic carbocycles. The molecule has 3 atom stereocenters. The second-order valence-corrected chi connectivity index (χ2v) is 7.85. The van der Waals surface area contributed by atoms with Gasteiger partial charge in [0.05, 0.1) is 0 Å². The number of hydrogen-bond acceptors (Lipinski definition) is 3. The predicted molar refractivity (Wildman–Crippen MR) is 84.8 cm³/mol. The largest absolute Gasteiger partial charge is 0.389 e. The highest BCUT2D eigenvalue weighted by Crippen LogP contribution is 2.36. The van der Waals surface area contributed by atoms with Crippen molar-refractivity contribution in [3.63, 3.8) is 0 Å². The summed E-state index contributed by atoms with van der Waals surface area (Å²) in [7, 11) is 0. The molecule has 1 nitrogen and oxygen atoms in total. The summed E-state index contributed by atoms with van der Waals surface area (Å²) in [4.78, 5) is 0. The maximum absolute atomic E-state index is 12.3. The van der Waals surface area contributed by atoms with Crippen LogP contribution in [-0.2, 0) is 0 Å². The normalized spacial score (nSPS) is 25.6. The van der Waals surface area contributed by atoms with E-state index in [9.17, 15) is 13.2 Å². The van der Waals surface area contributed by atoms with Crippen molar-refractivity contribution in [1.29, 1.82) is 0 Å². The number of halogens is 3. The fourth-order valence-corrected chi connectivity index (χ4v) is 5.85. The highest BCUT2D eigenvalue weighted by molar-refractivity contribution is 8.07. The molecule has 1 rings (SSSR count). The molecule has 0 aromatic carbocycles. The first-order valence-corrected chi connectivity index (χ1v) is 9.61. The Labute approximate surface area is 129 Å². The van der Waals surface area contributed by atoms with Crippen LogP contribution in [0.2, 0.25) is 0 Å². The van der Waals surface area contributed by atoms with Gasteiger partial charge < -0.3 is 5.32 Å². The van der Waals surface area contributed by atoms with Crippen LogP contribution in [0.25, 0.3) is 0 Å². The van der Waals surface area contributed by atoms with Crippen molar-refractivity contribution in [2.24, 2.45) is 0 Å². The molecule has 1 saturated heterocycles. The Kier molecular flexibility index (Phi) is 8.75. The Bertz CT molecular complexity index is 261. The van der Waals surface area contributed by atoms with Gasteiger partial charge in [-0.25, -0.2) is 0 Å². The third-order valence-electron chi connectivity index (χ3n) is 3.52. The lowest BCUT2D eigenvalue weighted by atomic mass is 10.0. The van der Waals surface area contributed by atoms with Crippen molar-refractivity contribution in [2.75, 3.05) is 18.1 Å². The average molecular weight is 329 g/mol. The van der Waals surface area contributed by atoms with Gasteiger partial charge in [-0.2, -0.15) is 36.7 Å². The molecule has 0 aromatic heterocycles. The standard InChI is InChI=1S/C14H26F3NS2/c1-3-8-18-11(6-5-7-14(15,16)17)13-12(4-2)19-9-10-20-13/h11-13,18H,3-10H2,1-2H3. The van der Waals surface area contributed by atoms with Gasteiger partial charge in [-0.3, -0.25) is 0 Å². The van der Waals surface area contributed by atoms with E-state index in [2.05, 4.69) is 19.2 Å². The van der Waals surface area contributed by atoms with Crippen molar-refractivity contribution >= 4 is 23.5 Å². The maximum Gasteiger partial charge on any atom is 0.389 e. The first-order chi connectivity index (χ1) is 9.48. The molecule has 1 aliphatic rings. The van der Waals surface area contributed by atoms with Crippen LogP contribution in [0.3, 0.4) is 0 Å². The molecule has 0 aromatic rings.